The van der Waals surface area contributed by atoms with E-state index in [4.69, 9.17) is 25.0 Å². The van der Waals surface area contributed by atoms with Gasteiger partial charge in [-0.05, 0) is 12.1 Å². The highest BCUT2D eigenvalue weighted by atomic mass is 16.5. The first-order valence-electron chi connectivity index (χ1n) is 5.09. The molecule has 0 aliphatic carbocycles. The third-order valence-corrected chi connectivity index (χ3v) is 2.49. The molecule has 2 aromatic rings. The standard InChI is InChI=1S/C12H11N3O3/c1-16-9-5-3-4-7(11(9)17-2)10-8(6-13)12(14)18-15-10/h3-5H,14H2,1-2H3. The number of hydrogen-bond donors (Lipinski definition) is 1. The molecule has 1 heterocycles. The van der Waals surface area contributed by atoms with Crippen LogP contribution in [0.5, 0.6) is 11.5 Å². The number of benzene rings is 1. The molecule has 18 heavy (non-hydrogen) atoms. The molecule has 0 fully saturated rings. The van der Waals surface area contributed by atoms with Crippen LogP contribution in [0.3, 0.4) is 0 Å². The molecule has 2 N–H and O–H groups in total. The van der Waals surface area contributed by atoms with Crippen molar-refractivity contribution in [2.45, 2.75) is 0 Å². The molecule has 0 saturated heterocycles. The Labute approximate surface area is 104 Å². The van der Waals surface area contributed by atoms with E-state index in [-0.39, 0.29) is 11.4 Å². The zero-order chi connectivity index (χ0) is 13.1. The lowest BCUT2D eigenvalue weighted by Crippen LogP contribution is -1.94. The summed E-state index contributed by atoms with van der Waals surface area (Å²) in [6.07, 6.45) is 0. The SMILES string of the molecule is COc1cccc(-c2noc(N)c2C#N)c1OC. The highest BCUT2D eigenvalue weighted by Gasteiger charge is 2.20. The number of hydrogen-bond acceptors (Lipinski definition) is 6. The van der Waals surface area contributed by atoms with Crippen molar-refractivity contribution >= 4 is 5.88 Å². The van der Waals surface area contributed by atoms with Crippen molar-refractivity contribution in [1.29, 1.82) is 5.26 Å². The molecule has 0 aliphatic heterocycles. The summed E-state index contributed by atoms with van der Waals surface area (Å²) in [7, 11) is 3.04. The van der Waals surface area contributed by atoms with Crippen LogP contribution in [0, 0.1) is 11.3 Å². The van der Waals surface area contributed by atoms with E-state index in [0.29, 0.717) is 22.8 Å². The van der Waals surface area contributed by atoms with Crippen molar-refractivity contribution in [2.75, 3.05) is 20.0 Å². The molecule has 0 aliphatic rings. The Bertz CT molecular complexity index is 614. The fourth-order valence-corrected chi connectivity index (χ4v) is 1.67. The Balaban J connectivity index is 2.68. The number of nitriles is 1. The number of anilines is 1. The minimum atomic E-state index is -0.0163. The number of ether oxygens (including phenoxy) is 2. The third kappa shape index (κ3) is 1.72. The summed E-state index contributed by atoms with van der Waals surface area (Å²) in [6.45, 7) is 0. The van der Waals surface area contributed by atoms with Crippen LogP contribution in [-0.2, 0) is 0 Å². The minimum absolute atomic E-state index is 0.0163. The van der Waals surface area contributed by atoms with Crippen molar-refractivity contribution < 1.29 is 14.0 Å². The van der Waals surface area contributed by atoms with Crippen molar-refractivity contribution in [3.8, 4) is 28.8 Å². The summed E-state index contributed by atoms with van der Waals surface area (Å²) in [5.74, 6) is 1.00. The molecule has 0 radical (unpaired) electrons. The summed E-state index contributed by atoms with van der Waals surface area (Å²) in [5, 5.41) is 12.8. The quantitative estimate of drug-likeness (QED) is 0.886. The van der Waals surface area contributed by atoms with Crippen molar-refractivity contribution in [1.82, 2.24) is 5.16 Å². The second-order valence-corrected chi connectivity index (χ2v) is 3.42. The van der Waals surface area contributed by atoms with Gasteiger partial charge in [-0.2, -0.15) is 5.26 Å². The van der Waals surface area contributed by atoms with Gasteiger partial charge in [-0.25, -0.2) is 0 Å². The molecule has 0 amide bonds. The molecule has 1 aromatic carbocycles. The topological polar surface area (TPSA) is 94.3 Å². The Morgan fingerprint density at radius 2 is 2.11 bits per heavy atom. The van der Waals surface area contributed by atoms with Crippen LogP contribution >= 0.6 is 0 Å². The fourth-order valence-electron chi connectivity index (χ4n) is 1.67. The van der Waals surface area contributed by atoms with Gasteiger partial charge >= 0.3 is 0 Å². The van der Waals surface area contributed by atoms with Crippen molar-refractivity contribution in [2.24, 2.45) is 0 Å². The van der Waals surface area contributed by atoms with Crippen LogP contribution in [0.25, 0.3) is 11.3 Å². The molecular weight excluding hydrogens is 234 g/mol. The van der Waals surface area contributed by atoms with Crippen LogP contribution in [0.4, 0.5) is 5.88 Å². The van der Waals surface area contributed by atoms with Gasteiger partial charge in [0.05, 0.1) is 19.8 Å². The van der Waals surface area contributed by atoms with Gasteiger partial charge in [-0.15, -0.1) is 0 Å². The number of methoxy groups -OCH3 is 2. The van der Waals surface area contributed by atoms with Gasteiger partial charge in [0.25, 0.3) is 0 Å². The van der Waals surface area contributed by atoms with Crippen molar-refractivity contribution in [3.05, 3.63) is 23.8 Å². The van der Waals surface area contributed by atoms with Gasteiger partial charge in [-0.3, -0.25) is 0 Å². The number of rotatable bonds is 3. The molecule has 2 rings (SSSR count). The lowest BCUT2D eigenvalue weighted by molar-refractivity contribution is 0.355. The summed E-state index contributed by atoms with van der Waals surface area (Å²) in [4.78, 5) is 0. The Morgan fingerprint density at radius 3 is 2.72 bits per heavy atom. The normalized spacial score (nSPS) is 9.83. The van der Waals surface area contributed by atoms with E-state index in [1.54, 1.807) is 18.2 Å². The average molecular weight is 245 g/mol. The van der Waals surface area contributed by atoms with Gasteiger partial charge in [0.2, 0.25) is 5.88 Å². The molecule has 6 nitrogen and oxygen atoms in total. The van der Waals surface area contributed by atoms with E-state index in [9.17, 15) is 0 Å². The second kappa shape index (κ2) is 4.67. The molecule has 6 heteroatoms. The highest BCUT2D eigenvalue weighted by molar-refractivity contribution is 5.77. The monoisotopic (exact) mass is 245 g/mol. The number of nitrogens with zero attached hydrogens (tertiary/aromatic N) is 2. The van der Waals surface area contributed by atoms with Gasteiger partial charge in [0, 0.05) is 0 Å². The van der Waals surface area contributed by atoms with E-state index in [1.807, 2.05) is 6.07 Å². The lowest BCUT2D eigenvalue weighted by Gasteiger charge is -2.10. The summed E-state index contributed by atoms with van der Waals surface area (Å²) in [6, 6.07) is 7.22. The maximum atomic E-state index is 9.04. The second-order valence-electron chi connectivity index (χ2n) is 3.42. The smallest absolute Gasteiger partial charge is 0.240 e. The first-order chi connectivity index (χ1) is 8.72. The number of para-hydroxylation sites is 1. The van der Waals surface area contributed by atoms with E-state index in [0.717, 1.165) is 0 Å². The molecule has 92 valence electrons. The maximum Gasteiger partial charge on any atom is 0.240 e. The summed E-state index contributed by atoms with van der Waals surface area (Å²) in [5.41, 5.74) is 6.64. The fraction of sp³-hybridized carbons (Fsp3) is 0.167. The molecule has 0 unspecified atom stereocenters. The van der Waals surface area contributed by atoms with Crippen LogP contribution in [0.2, 0.25) is 0 Å². The van der Waals surface area contributed by atoms with Gasteiger partial charge in [0.15, 0.2) is 11.5 Å². The summed E-state index contributed by atoms with van der Waals surface area (Å²) < 4.78 is 15.3. The molecule has 0 bridgehead atoms. The predicted molar refractivity (Wildman–Crippen MR) is 64.2 cm³/mol. The Morgan fingerprint density at radius 1 is 1.33 bits per heavy atom. The lowest BCUT2D eigenvalue weighted by atomic mass is 10.1. The molecule has 0 atom stereocenters. The first kappa shape index (κ1) is 11.8. The van der Waals surface area contributed by atoms with E-state index < -0.39 is 0 Å². The minimum Gasteiger partial charge on any atom is -0.493 e. The Kier molecular flexibility index (Phi) is 3.06. The summed E-state index contributed by atoms with van der Waals surface area (Å²) >= 11 is 0. The third-order valence-electron chi connectivity index (χ3n) is 2.49. The van der Waals surface area contributed by atoms with Crippen LogP contribution in [0.1, 0.15) is 5.56 Å². The highest BCUT2D eigenvalue weighted by Crippen LogP contribution is 2.39. The largest absolute Gasteiger partial charge is 0.493 e. The average Bonchev–Trinajstić information content (AvgIpc) is 2.78. The van der Waals surface area contributed by atoms with Crippen LogP contribution in [0.15, 0.2) is 22.7 Å². The zero-order valence-corrected chi connectivity index (χ0v) is 9.93. The Hall–Kier alpha value is -2.68. The van der Waals surface area contributed by atoms with E-state index in [1.165, 1.54) is 14.2 Å². The van der Waals surface area contributed by atoms with Crippen LogP contribution < -0.4 is 15.2 Å². The zero-order valence-electron chi connectivity index (χ0n) is 9.93. The van der Waals surface area contributed by atoms with Gasteiger partial charge < -0.3 is 19.7 Å². The number of nitrogens with two attached hydrogens (primary N) is 1. The number of aromatic nitrogens is 1. The van der Waals surface area contributed by atoms with Gasteiger partial charge in [-0.1, -0.05) is 11.2 Å². The molecular formula is C12H11N3O3. The number of nitrogen functional groups attached to an aromatic ring is 1. The molecule has 1 aromatic heterocycles. The van der Waals surface area contributed by atoms with Crippen molar-refractivity contribution in [3.63, 3.8) is 0 Å². The van der Waals surface area contributed by atoms with Gasteiger partial charge in [0.1, 0.15) is 17.3 Å². The predicted octanol–water partition coefficient (Wildman–Crippen LogP) is 1.81. The van der Waals surface area contributed by atoms with Crippen LogP contribution in [-0.4, -0.2) is 19.4 Å². The van der Waals surface area contributed by atoms with E-state index in [2.05, 4.69) is 5.16 Å². The first-order valence-corrected chi connectivity index (χ1v) is 5.09. The molecule has 0 spiro atoms. The van der Waals surface area contributed by atoms with E-state index >= 15 is 0 Å². The molecule has 0 saturated carbocycles. The maximum absolute atomic E-state index is 9.04.